The summed E-state index contributed by atoms with van der Waals surface area (Å²) in [6.07, 6.45) is 0.569. The molecule has 11 heteroatoms. The van der Waals surface area contributed by atoms with Crippen molar-refractivity contribution in [3.8, 4) is 33.8 Å². The molecule has 5 aromatic rings. The zero-order valence-corrected chi connectivity index (χ0v) is 22.2. The van der Waals surface area contributed by atoms with E-state index in [2.05, 4.69) is 10.3 Å². The monoisotopic (exact) mass is 582 g/mol. The van der Waals surface area contributed by atoms with Gasteiger partial charge in [0.1, 0.15) is 11.4 Å². The molecular weight excluding hydrogens is 564 g/mol. The molecule has 0 fully saturated rings. The van der Waals surface area contributed by atoms with Crippen molar-refractivity contribution in [3.63, 3.8) is 0 Å². The summed E-state index contributed by atoms with van der Waals surface area (Å²) in [5.41, 5.74) is 3.04. The van der Waals surface area contributed by atoms with Gasteiger partial charge in [-0.1, -0.05) is 29.3 Å². The molecule has 6 nitrogen and oxygen atoms in total. The second-order valence-corrected chi connectivity index (χ2v) is 9.43. The maximum Gasteiger partial charge on any atom is 0.417 e. The van der Waals surface area contributed by atoms with Gasteiger partial charge >= 0.3 is 6.18 Å². The Morgan fingerprint density at radius 2 is 1.60 bits per heavy atom. The smallest absolute Gasteiger partial charge is 0.417 e. The van der Waals surface area contributed by atoms with Crippen molar-refractivity contribution in [1.29, 1.82) is 0 Å². The average molecular weight is 583 g/mol. The van der Waals surface area contributed by atoms with Crippen molar-refractivity contribution in [2.75, 3.05) is 12.4 Å². The van der Waals surface area contributed by atoms with Crippen LogP contribution in [0.25, 0.3) is 28.1 Å². The third-order valence-corrected chi connectivity index (χ3v) is 6.70. The van der Waals surface area contributed by atoms with Gasteiger partial charge in [-0.15, -0.1) is 0 Å². The Morgan fingerprint density at radius 1 is 0.900 bits per heavy atom. The van der Waals surface area contributed by atoms with Crippen LogP contribution in [0.4, 0.5) is 18.9 Å². The van der Waals surface area contributed by atoms with Crippen LogP contribution in [-0.2, 0) is 6.18 Å². The molecule has 0 atom stereocenters. The largest absolute Gasteiger partial charge is 0.495 e. The molecule has 0 spiro atoms. The summed E-state index contributed by atoms with van der Waals surface area (Å²) in [5, 5.41) is 7.41. The number of nitrogens with one attached hydrogen (secondary N) is 1. The maximum absolute atomic E-state index is 13.2. The van der Waals surface area contributed by atoms with Gasteiger partial charge in [-0.05, 0) is 72.3 Å². The third kappa shape index (κ3) is 5.66. The molecule has 2 heterocycles. The summed E-state index contributed by atoms with van der Waals surface area (Å²) in [6.45, 7) is 0. The van der Waals surface area contributed by atoms with E-state index in [1.807, 2.05) is 24.4 Å². The van der Waals surface area contributed by atoms with Gasteiger partial charge in [-0.2, -0.15) is 18.3 Å². The zero-order chi connectivity index (χ0) is 28.4. The van der Waals surface area contributed by atoms with Gasteiger partial charge in [0.15, 0.2) is 0 Å². The highest BCUT2D eigenvalue weighted by Crippen LogP contribution is 2.37. The first-order valence-electron chi connectivity index (χ1n) is 11.8. The fourth-order valence-corrected chi connectivity index (χ4v) is 4.47. The Kier molecular flexibility index (Phi) is 7.51. The van der Waals surface area contributed by atoms with Crippen LogP contribution in [0.2, 0.25) is 10.0 Å². The minimum atomic E-state index is -4.68. The van der Waals surface area contributed by atoms with Crippen molar-refractivity contribution in [2.45, 2.75) is 6.18 Å². The topological polar surface area (TPSA) is 69.0 Å². The van der Waals surface area contributed by atoms with E-state index in [0.29, 0.717) is 27.8 Å². The SMILES string of the molecule is COc1cc(-c2nn(-c3ccc(NC(=O)c4ccc(Cl)c(C(F)(F)F)c4)cc3)cc2-c2ccncc2)ccc1Cl. The summed E-state index contributed by atoms with van der Waals surface area (Å²) in [4.78, 5) is 16.7. The minimum Gasteiger partial charge on any atom is -0.495 e. The summed E-state index contributed by atoms with van der Waals surface area (Å²) in [6, 6.07) is 18.9. The van der Waals surface area contributed by atoms with Gasteiger partial charge in [-0.25, -0.2) is 4.68 Å². The molecule has 202 valence electrons. The number of nitrogens with zero attached hydrogens (tertiary/aromatic N) is 3. The normalized spacial score (nSPS) is 11.3. The van der Waals surface area contributed by atoms with Crippen molar-refractivity contribution in [3.05, 3.63) is 113 Å². The van der Waals surface area contributed by atoms with Gasteiger partial charge in [0.2, 0.25) is 0 Å². The number of aromatic nitrogens is 3. The quantitative estimate of drug-likeness (QED) is 0.219. The zero-order valence-electron chi connectivity index (χ0n) is 20.7. The molecule has 0 bridgehead atoms. The number of hydrogen-bond donors (Lipinski definition) is 1. The van der Waals surface area contributed by atoms with Crippen molar-refractivity contribution in [2.24, 2.45) is 0 Å². The van der Waals surface area contributed by atoms with Crippen LogP contribution in [0.1, 0.15) is 15.9 Å². The molecule has 40 heavy (non-hydrogen) atoms. The average Bonchev–Trinajstić information content (AvgIpc) is 3.39. The molecule has 0 unspecified atom stereocenters. The number of hydrogen-bond acceptors (Lipinski definition) is 4. The summed E-state index contributed by atoms with van der Waals surface area (Å²) in [5.74, 6) is -0.189. The number of anilines is 1. The number of ether oxygens (including phenoxy) is 1. The molecule has 0 saturated carbocycles. The van der Waals surface area contributed by atoms with E-state index in [1.165, 1.54) is 13.2 Å². The van der Waals surface area contributed by atoms with Crippen LogP contribution in [0.15, 0.2) is 91.4 Å². The van der Waals surface area contributed by atoms with Crippen LogP contribution in [-0.4, -0.2) is 27.8 Å². The van der Waals surface area contributed by atoms with Crippen LogP contribution in [0, 0.1) is 0 Å². The van der Waals surface area contributed by atoms with Crippen LogP contribution in [0.3, 0.4) is 0 Å². The van der Waals surface area contributed by atoms with Crippen molar-refractivity contribution in [1.82, 2.24) is 14.8 Å². The van der Waals surface area contributed by atoms with E-state index >= 15 is 0 Å². The number of amides is 1. The molecule has 5 rings (SSSR count). The third-order valence-electron chi connectivity index (χ3n) is 6.05. The lowest BCUT2D eigenvalue weighted by Crippen LogP contribution is -2.14. The fourth-order valence-electron chi connectivity index (χ4n) is 4.05. The van der Waals surface area contributed by atoms with E-state index in [4.69, 9.17) is 33.0 Å². The van der Waals surface area contributed by atoms with E-state index < -0.39 is 22.7 Å². The molecule has 1 N–H and O–H groups in total. The molecule has 2 aromatic heterocycles. The Bertz CT molecular complexity index is 1690. The molecule has 0 radical (unpaired) electrons. The first-order chi connectivity index (χ1) is 19.1. The predicted octanol–water partition coefficient (Wildman–Crippen LogP) is 8.19. The van der Waals surface area contributed by atoms with E-state index in [0.717, 1.165) is 28.8 Å². The standard InChI is InChI=1S/C29H19Cl2F3N4O2/c1-40-26-15-18(2-9-25(26)31)27-22(17-10-12-35-13-11-17)16-38(37-27)21-6-4-20(5-7-21)36-28(39)19-3-8-24(30)23(14-19)29(32,33)34/h2-16H,1H3,(H,36,39). The van der Waals surface area contributed by atoms with Gasteiger partial charge in [-0.3, -0.25) is 9.78 Å². The highest BCUT2D eigenvalue weighted by molar-refractivity contribution is 6.32. The van der Waals surface area contributed by atoms with Gasteiger partial charge in [0.05, 0.1) is 28.4 Å². The first kappa shape index (κ1) is 27.2. The Labute approximate surface area is 237 Å². The number of carbonyl (C=O) groups is 1. The number of halogens is 5. The van der Waals surface area contributed by atoms with Crippen molar-refractivity contribution < 1.29 is 22.7 Å². The fraction of sp³-hybridized carbons (Fsp3) is 0.0690. The molecule has 0 saturated heterocycles. The lowest BCUT2D eigenvalue weighted by molar-refractivity contribution is -0.137. The highest BCUT2D eigenvalue weighted by Gasteiger charge is 2.33. The second kappa shape index (κ2) is 11.0. The lowest BCUT2D eigenvalue weighted by atomic mass is 10.0. The summed E-state index contributed by atoms with van der Waals surface area (Å²) in [7, 11) is 1.54. The maximum atomic E-state index is 13.2. The molecule has 0 aliphatic heterocycles. The van der Waals surface area contributed by atoms with E-state index in [9.17, 15) is 18.0 Å². The number of benzene rings is 3. The lowest BCUT2D eigenvalue weighted by Gasteiger charge is -2.11. The number of methoxy groups -OCH3 is 1. The van der Waals surface area contributed by atoms with Crippen LogP contribution in [0.5, 0.6) is 5.75 Å². The van der Waals surface area contributed by atoms with Crippen LogP contribution >= 0.6 is 23.2 Å². The first-order valence-corrected chi connectivity index (χ1v) is 12.5. The Morgan fingerprint density at radius 3 is 2.27 bits per heavy atom. The van der Waals surface area contributed by atoms with Gasteiger partial charge in [0.25, 0.3) is 5.91 Å². The Balaban J connectivity index is 1.44. The summed E-state index contributed by atoms with van der Waals surface area (Å²) >= 11 is 11.9. The predicted molar refractivity (Wildman–Crippen MR) is 148 cm³/mol. The molecule has 0 aliphatic rings. The number of rotatable bonds is 6. The molecule has 1 amide bonds. The van der Waals surface area contributed by atoms with E-state index in [-0.39, 0.29) is 5.56 Å². The molecule has 0 aliphatic carbocycles. The number of carbonyl (C=O) groups excluding carboxylic acids is 1. The Hall–Kier alpha value is -4.34. The second-order valence-electron chi connectivity index (χ2n) is 8.61. The minimum absolute atomic E-state index is 0.169. The highest BCUT2D eigenvalue weighted by atomic mass is 35.5. The van der Waals surface area contributed by atoms with Gasteiger partial charge in [0, 0.05) is 41.0 Å². The number of alkyl halides is 3. The van der Waals surface area contributed by atoms with Gasteiger partial charge < -0.3 is 10.1 Å². The molecular formula is C29H19Cl2F3N4O2. The van der Waals surface area contributed by atoms with E-state index in [1.54, 1.807) is 53.5 Å². The number of pyridine rings is 1. The molecule has 3 aromatic carbocycles. The van der Waals surface area contributed by atoms with Crippen molar-refractivity contribution >= 4 is 34.8 Å². The summed E-state index contributed by atoms with van der Waals surface area (Å²) < 4.78 is 46.6. The van der Waals surface area contributed by atoms with Crippen LogP contribution < -0.4 is 10.1 Å².